The van der Waals surface area contributed by atoms with E-state index in [1.807, 2.05) is 29.2 Å². The largest absolute Gasteiger partial charge is 0.379 e. The fourth-order valence-electron chi connectivity index (χ4n) is 6.44. The monoisotopic (exact) mass is 544 g/mol. The Morgan fingerprint density at radius 1 is 1.18 bits per heavy atom. The Bertz CT molecular complexity index is 1580. The first-order chi connectivity index (χ1) is 19.5. The van der Waals surface area contributed by atoms with Gasteiger partial charge in [-0.25, -0.2) is 8.78 Å². The molecule has 4 aliphatic rings. The Morgan fingerprint density at radius 2 is 1.98 bits per heavy atom. The molecule has 3 heterocycles. The third-order valence-corrected chi connectivity index (χ3v) is 8.76. The molecule has 1 unspecified atom stereocenters. The second-order valence-electron chi connectivity index (χ2n) is 11.0. The summed E-state index contributed by atoms with van der Waals surface area (Å²) in [7, 11) is 1.69. The minimum Gasteiger partial charge on any atom is -0.379 e. The standard InChI is InChI=1S/C31H30F2N4O3/c1-39-20-4-7-28-23(15-20)31(30(38)34-28)16-24(31)19-3-5-21-27(35-36-29(21)14-19)6-2-18-12-25(32)22(26(33)13-18)17-37-8-10-40-11-9-37/h2-7,12-14,20,24H,8-11,15-17H2,1H3,(H,34,38)(H,35,36)/b6-2+/t20?,24-,31-/m0/s1. The molecule has 1 spiro atoms. The van der Waals surface area contributed by atoms with Gasteiger partial charge in [-0.3, -0.25) is 14.8 Å². The minimum atomic E-state index is -0.555. The second-order valence-corrected chi connectivity index (χ2v) is 11.0. The number of allylic oxidation sites excluding steroid dienone is 1. The number of H-pyrrole nitrogens is 1. The van der Waals surface area contributed by atoms with Crippen LogP contribution in [0.15, 0.2) is 53.8 Å². The van der Waals surface area contributed by atoms with E-state index in [2.05, 4.69) is 21.6 Å². The molecule has 2 fully saturated rings. The van der Waals surface area contributed by atoms with Gasteiger partial charge in [0.1, 0.15) is 11.6 Å². The van der Waals surface area contributed by atoms with Gasteiger partial charge >= 0.3 is 0 Å². The number of aromatic amines is 1. The van der Waals surface area contributed by atoms with Crippen LogP contribution in [-0.2, 0) is 20.8 Å². The molecule has 1 aromatic heterocycles. The molecule has 7 nitrogen and oxygen atoms in total. The molecule has 0 radical (unpaired) electrons. The van der Waals surface area contributed by atoms with Gasteiger partial charge in [-0.2, -0.15) is 5.10 Å². The number of ether oxygens (including phenoxy) is 2. The fourth-order valence-corrected chi connectivity index (χ4v) is 6.44. The van der Waals surface area contributed by atoms with Crippen LogP contribution < -0.4 is 5.32 Å². The highest BCUT2D eigenvalue weighted by molar-refractivity contribution is 5.97. The van der Waals surface area contributed by atoms with Crippen molar-refractivity contribution in [2.75, 3.05) is 33.4 Å². The zero-order valence-electron chi connectivity index (χ0n) is 22.2. The highest BCUT2D eigenvalue weighted by atomic mass is 19.1. The lowest BCUT2D eigenvalue weighted by molar-refractivity contribution is -0.123. The van der Waals surface area contributed by atoms with E-state index in [4.69, 9.17) is 9.47 Å². The topological polar surface area (TPSA) is 79.5 Å². The van der Waals surface area contributed by atoms with E-state index in [0.717, 1.165) is 34.2 Å². The van der Waals surface area contributed by atoms with Crippen LogP contribution in [0, 0.1) is 17.0 Å². The van der Waals surface area contributed by atoms with Crippen LogP contribution in [0.3, 0.4) is 0 Å². The number of morpholine rings is 1. The summed E-state index contributed by atoms with van der Waals surface area (Å²) in [5.41, 5.74) is 4.67. The molecule has 2 aliphatic carbocycles. The van der Waals surface area contributed by atoms with E-state index in [1.54, 1.807) is 19.3 Å². The lowest BCUT2D eigenvalue weighted by atomic mass is 9.85. The van der Waals surface area contributed by atoms with E-state index in [1.165, 1.54) is 12.1 Å². The molecule has 1 amide bonds. The average Bonchev–Trinajstić information content (AvgIpc) is 3.51. The number of hydrogen-bond acceptors (Lipinski definition) is 5. The number of methoxy groups -OCH3 is 1. The molecule has 7 rings (SSSR count). The first-order valence-corrected chi connectivity index (χ1v) is 13.7. The highest BCUT2D eigenvalue weighted by Crippen LogP contribution is 2.67. The van der Waals surface area contributed by atoms with Gasteiger partial charge in [-0.1, -0.05) is 24.3 Å². The Morgan fingerprint density at radius 3 is 2.75 bits per heavy atom. The molecule has 2 aromatic carbocycles. The Kier molecular flexibility index (Phi) is 6.18. The molecule has 9 heteroatoms. The molecule has 0 bridgehead atoms. The number of amides is 1. The molecule has 1 saturated heterocycles. The third-order valence-electron chi connectivity index (χ3n) is 8.76. The van der Waals surface area contributed by atoms with Crippen molar-refractivity contribution in [1.29, 1.82) is 0 Å². The van der Waals surface area contributed by atoms with E-state index in [0.29, 0.717) is 44.0 Å². The van der Waals surface area contributed by atoms with Crippen LogP contribution in [-0.4, -0.2) is 60.5 Å². The number of aromatic nitrogens is 2. The van der Waals surface area contributed by atoms with E-state index in [9.17, 15) is 13.6 Å². The maximum Gasteiger partial charge on any atom is 0.235 e. The molecule has 1 saturated carbocycles. The average molecular weight is 545 g/mol. The maximum absolute atomic E-state index is 14.8. The summed E-state index contributed by atoms with van der Waals surface area (Å²) >= 11 is 0. The lowest BCUT2D eigenvalue weighted by Crippen LogP contribution is -2.36. The number of fused-ring (bicyclic) bond motifs is 2. The Hall–Kier alpha value is -3.66. The van der Waals surface area contributed by atoms with Crippen LogP contribution in [0.2, 0.25) is 0 Å². The van der Waals surface area contributed by atoms with Gasteiger partial charge in [0.25, 0.3) is 0 Å². The van der Waals surface area contributed by atoms with Crippen molar-refractivity contribution in [3.8, 4) is 0 Å². The third kappa shape index (κ3) is 4.20. The second kappa shape index (κ2) is 9.76. The summed E-state index contributed by atoms with van der Waals surface area (Å²) in [5.74, 6) is -0.952. The summed E-state index contributed by atoms with van der Waals surface area (Å²) in [4.78, 5) is 15.0. The number of benzene rings is 2. The molecule has 206 valence electrons. The van der Waals surface area contributed by atoms with Crippen molar-refractivity contribution in [2.45, 2.75) is 31.4 Å². The Balaban J connectivity index is 1.10. The van der Waals surface area contributed by atoms with Crippen molar-refractivity contribution in [1.82, 2.24) is 20.4 Å². The molecule has 2 N–H and O–H groups in total. The van der Waals surface area contributed by atoms with Crippen LogP contribution in [0.5, 0.6) is 0 Å². The molecular formula is C31H30F2N4O3. The Labute approximate surface area is 230 Å². The number of hydrogen-bond donors (Lipinski definition) is 2. The predicted molar refractivity (Wildman–Crippen MR) is 147 cm³/mol. The van der Waals surface area contributed by atoms with Crippen molar-refractivity contribution in [3.05, 3.63) is 87.8 Å². The van der Waals surface area contributed by atoms with Crippen LogP contribution >= 0.6 is 0 Å². The van der Waals surface area contributed by atoms with Crippen molar-refractivity contribution >= 4 is 29.0 Å². The first kappa shape index (κ1) is 25.3. The SMILES string of the molecule is COC1C=CC2=C(C1)[C@]1(C[C@H]1c1ccc3c(/C=C/c4cc(F)c(CN5CCOCC5)c(F)c4)n[nH]c3c1)C(=O)N2. The summed E-state index contributed by atoms with van der Waals surface area (Å²) in [6, 6.07) is 8.81. The van der Waals surface area contributed by atoms with E-state index < -0.39 is 17.0 Å². The van der Waals surface area contributed by atoms with Gasteiger partial charge in [0.05, 0.1) is 35.9 Å². The number of carbonyl (C=O) groups excluding carboxylic acids is 1. The van der Waals surface area contributed by atoms with Gasteiger partial charge in [-0.05, 0) is 53.5 Å². The van der Waals surface area contributed by atoms with Gasteiger partial charge in [0.2, 0.25) is 5.91 Å². The van der Waals surface area contributed by atoms with Crippen molar-refractivity contribution in [3.63, 3.8) is 0 Å². The summed E-state index contributed by atoms with van der Waals surface area (Å²) in [6.45, 7) is 2.70. The van der Waals surface area contributed by atoms with Gasteiger partial charge < -0.3 is 14.8 Å². The summed E-state index contributed by atoms with van der Waals surface area (Å²) < 4.78 is 40.5. The highest BCUT2D eigenvalue weighted by Gasteiger charge is 2.66. The minimum absolute atomic E-state index is 0.0167. The fraction of sp³-hybridized carbons (Fsp3) is 0.355. The van der Waals surface area contributed by atoms with Crippen molar-refractivity contribution in [2.24, 2.45) is 5.41 Å². The molecule has 2 aliphatic heterocycles. The number of carbonyl (C=O) groups is 1. The van der Waals surface area contributed by atoms with E-state index >= 15 is 0 Å². The molecule has 3 aromatic rings. The van der Waals surface area contributed by atoms with Crippen LogP contribution in [0.4, 0.5) is 8.78 Å². The number of nitrogens with one attached hydrogen (secondary N) is 2. The smallest absolute Gasteiger partial charge is 0.235 e. The zero-order valence-corrected chi connectivity index (χ0v) is 22.2. The molecule has 3 atom stereocenters. The van der Waals surface area contributed by atoms with Crippen molar-refractivity contribution < 1.29 is 23.0 Å². The molecular weight excluding hydrogens is 514 g/mol. The maximum atomic E-state index is 14.8. The van der Waals surface area contributed by atoms with Gasteiger partial charge in [0.15, 0.2) is 0 Å². The zero-order chi connectivity index (χ0) is 27.4. The summed E-state index contributed by atoms with van der Waals surface area (Å²) in [5, 5.41) is 11.5. The van der Waals surface area contributed by atoms with Gasteiger partial charge in [-0.15, -0.1) is 0 Å². The van der Waals surface area contributed by atoms with Crippen LogP contribution in [0.25, 0.3) is 23.1 Å². The number of nitrogens with zero attached hydrogens (tertiary/aromatic N) is 2. The normalized spacial score (nSPS) is 26.3. The van der Waals surface area contributed by atoms with E-state index in [-0.39, 0.29) is 30.0 Å². The van der Waals surface area contributed by atoms with Gasteiger partial charge in [0, 0.05) is 55.7 Å². The van der Waals surface area contributed by atoms with Crippen LogP contribution in [0.1, 0.15) is 41.1 Å². The summed E-state index contributed by atoms with van der Waals surface area (Å²) in [6.07, 6.45) is 8.85. The first-order valence-electron chi connectivity index (χ1n) is 13.7. The molecule has 40 heavy (non-hydrogen) atoms. The lowest BCUT2D eigenvalue weighted by Gasteiger charge is -2.26. The number of halogens is 2. The number of rotatable bonds is 6. The predicted octanol–water partition coefficient (Wildman–Crippen LogP) is 4.68. The quantitative estimate of drug-likeness (QED) is 0.471.